The second-order valence-electron chi connectivity index (χ2n) is 3.78. The molecule has 0 saturated carbocycles. The van der Waals surface area contributed by atoms with Crippen molar-refractivity contribution in [3.05, 3.63) is 35.4 Å². The van der Waals surface area contributed by atoms with Gasteiger partial charge in [0.05, 0.1) is 6.42 Å². The molecule has 3 nitrogen and oxygen atoms in total. The molecule has 1 saturated heterocycles. The highest BCUT2D eigenvalue weighted by Gasteiger charge is 2.33. The Balaban J connectivity index is 1.90. The van der Waals surface area contributed by atoms with E-state index in [0.717, 1.165) is 11.3 Å². The highest BCUT2D eigenvalue weighted by molar-refractivity contribution is 7.99. The van der Waals surface area contributed by atoms with Gasteiger partial charge in [0.25, 0.3) is 0 Å². The van der Waals surface area contributed by atoms with Gasteiger partial charge in [0.2, 0.25) is 0 Å². The highest BCUT2D eigenvalue weighted by Crippen LogP contribution is 2.26. The summed E-state index contributed by atoms with van der Waals surface area (Å²) in [6, 6.07) is 8.14. The predicted octanol–water partition coefficient (Wildman–Crippen LogP) is 2.07. The zero-order chi connectivity index (χ0) is 11.5. The second kappa shape index (κ2) is 4.70. The first-order valence-corrected chi connectivity index (χ1v) is 6.12. The number of ether oxygens (including phenoxy) is 1. The van der Waals surface area contributed by atoms with Crippen molar-refractivity contribution in [2.45, 2.75) is 24.3 Å². The summed E-state index contributed by atoms with van der Waals surface area (Å²) in [5.74, 6) is -0.0821. The summed E-state index contributed by atoms with van der Waals surface area (Å²) >= 11 is 1.46. The van der Waals surface area contributed by atoms with Gasteiger partial charge in [0, 0.05) is 5.75 Å². The van der Waals surface area contributed by atoms with Gasteiger partial charge in [-0.2, -0.15) is 0 Å². The number of rotatable bonds is 3. The molecule has 0 amide bonds. The first-order chi connectivity index (χ1) is 7.65. The first kappa shape index (κ1) is 11.2. The normalized spacial score (nSPS) is 19.9. The highest BCUT2D eigenvalue weighted by atomic mass is 32.2. The second-order valence-corrected chi connectivity index (χ2v) is 4.97. The van der Waals surface area contributed by atoms with Crippen LogP contribution in [0.3, 0.4) is 0 Å². The van der Waals surface area contributed by atoms with Gasteiger partial charge < -0.3 is 4.74 Å². The van der Waals surface area contributed by atoms with E-state index in [1.165, 1.54) is 17.3 Å². The van der Waals surface area contributed by atoms with Gasteiger partial charge in [-0.3, -0.25) is 9.59 Å². The van der Waals surface area contributed by atoms with Crippen molar-refractivity contribution in [1.82, 2.24) is 0 Å². The zero-order valence-corrected chi connectivity index (χ0v) is 9.75. The molecular weight excluding hydrogens is 224 g/mol. The van der Waals surface area contributed by atoms with E-state index in [-0.39, 0.29) is 11.7 Å². The van der Waals surface area contributed by atoms with E-state index in [9.17, 15) is 9.59 Å². The molecule has 1 aliphatic heterocycles. The van der Waals surface area contributed by atoms with Gasteiger partial charge in [-0.05, 0) is 12.5 Å². The smallest absolute Gasteiger partial charge is 0.327 e. The van der Waals surface area contributed by atoms with Gasteiger partial charge >= 0.3 is 11.9 Å². The molecule has 0 N–H and O–H groups in total. The van der Waals surface area contributed by atoms with Crippen LogP contribution < -0.4 is 0 Å². The lowest BCUT2D eigenvalue weighted by Gasteiger charge is -2.04. The summed E-state index contributed by atoms with van der Waals surface area (Å²) in [6.45, 7) is 2.03. The molecule has 16 heavy (non-hydrogen) atoms. The van der Waals surface area contributed by atoms with Crippen molar-refractivity contribution in [2.24, 2.45) is 0 Å². The molecule has 1 aliphatic rings. The van der Waals surface area contributed by atoms with Gasteiger partial charge in [0.15, 0.2) is 0 Å². The van der Waals surface area contributed by atoms with Crippen LogP contribution in [0.25, 0.3) is 0 Å². The van der Waals surface area contributed by atoms with Crippen molar-refractivity contribution >= 4 is 23.7 Å². The molecule has 1 fully saturated rings. The van der Waals surface area contributed by atoms with E-state index in [0.29, 0.717) is 0 Å². The number of thioether (sulfide) groups is 1. The number of aryl methyl sites for hydroxylation is 1. The van der Waals surface area contributed by atoms with Crippen LogP contribution in [0.1, 0.15) is 17.5 Å². The molecule has 1 heterocycles. The molecule has 0 spiro atoms. The number of carbonyl (C=O) groups excluding carboxylic acids is 2. The Bertz CT molecular complexity index is 411. The van der Waals surface area contributed by atoms with Crippen LogP contribution in [-0.4, -0.2) is 17.2 Å². The third-order valence-electron chi connectivity index (χ3n) is 2.40. The van der Waals surface area contributed by atoms with E-state index in [4.69, 9.17) is 0 Å². The van der Waals surface area contributed by atoms with Crippen molar-refractivity contribution in [2.75, 3.05) is 0 Å². The summed E-state index contributed by atoms with van der Waals surface area (Å²) < 4.78 is 4.48. The average Bonchev–Trinajstić information content (AvgIpc) is 2.57. The van der Waals surface area contributed by atoms with E-state index in [1.54, 1.807) is 0 Å². The lowest BCUT2D eigenvalue weighted by Crippen LogP contribution is -2.09. The zero-order valence-electron chi connectivity index (χ0n) is 8.93. The largest absolute Gasteiger partial charge is 0.392 e. The summed E-state index contributed by atoms with van der Waals surface area (Å²) in [5.41, 5.74) is 2.37. The average molecular weight is 236 g/mol. The molecule has 1 aromatic rings. The Kier molecular flexibility index (Phi) is 3.29. The fourth-order valence-corrected chi connectivity index (χ4v) is 2.49. The predicted molar refractivity (Wildman–Crippen MR) is 62.0 cm³/mol. The van der Waals surface area contributed by atoms with Crippen molar-refractivity contribution < 1.29 is 14.3 Å². The third kappa shape index (κ3) is 2.64. The van der Waals surface area contributed by atoms with Crippen LogP contribution in [-0.2, 0) is 20.1 Å². The van der Waals surface area contributed by atoms with Crippen molar-refractivity contribution in [3.8, 4) is 0 Å². The molecule has 84 valence electrons. The Morgan fingerprint density at radius 3 is 2.56 bits per heavy atom. The standard InChI is InChI=1S/C12H12O3S/c1-8-2-4-9(5-3-8)7-16-10-6-11(13)15-12(10)14/h2-5,10H,6-7H2,1H3. The SMILES string of the molecule is Cc1ccc(CSC2CC(=O)OC2=O)cc1. The number of esters is 2. The summed E-state index contributed by atoms with van der Waals surface area (Å²) in [6.07, 6.45) is 0.204. The molecule has 1 aromatic carbocycles. The quantitative estimate of drug-likeness (QED) is 0.595. The number of benzene rings is 1. The number of hydrogen-bond acceptors (Lipinski definition) is 4. The van der Waals surface area contributed by atoms with E-state index >= 15 is 0 Å². The Labute approximate surface area is 98.2 Å². The number of cyclic esters (lactones) is 2. The van der Waals surface area contributed by atoms with E-state index in [2.05, 4.69) is 4.74 Å². The minimum Gasteiger partial charge on any atom is -0.392 e. The molecule has 0 aliphatic carbocycles. The van der Waals surface area contributed by atoms with Gasteiger partial charge in [0.1, 0.15) is 5.25 Å². The van der Waals surface area contributed by atoms with Gasteiger partial charge in [-0.15, -0.1) is 11.8 Å². The fraction of sp³-hybridized carbons (Fsp3) is 0.333. The van der Waals surface area contributed by atoms with E-state index < -0.39 is 11.9 Å². The lowest BCUT2D eigenvalue weighted by molar-refractivity contribution is -0.151. The Morgan fingerprint density at radius 1 is 1.31 bits per heavy atom. The van der Waals surface area contributed by atoms with E-state index in [1.807, 2.05) is 31.2 Å². The van der Waals surface area contributed by atoms with Crippen LogP contribution in [0.2, 0.25) is 0 Å². The van der Waals surface area contributed by atoms with Crippen molar-refractivity contribution in [1.29, 1.82) is 0 Å². The van der Waals surface area contributed by atoms with Gasteiger partial charge in [-0.1, -0.05) is 29.8 Å². The number of hydrogen-bond donors (Lipinski definition) is 0. The molecule has 0 radical (unpaired) electrons. The Hall–Kier alpha value is -1.29. The first-order valence-electron chi connectivity index (χ1n) is 5.07. The van der Waals surface area contributed by atoms with Crippen LogP contribution in [0.15, 0.2) is 24.3 Å². The van der Waals surface area contributed by atoms with Crippen LogP contribution in [0.4, 0.5) is 0 Å². The third-order valence-corrected chi connectivity index (χ3v) is 3.66. The summed E-state index contributed by atoms with van der Waals surface area (Å²) in [5, 5.41) is -0.325. The molecule has 1 unspecified atom stereocenters. The summed E-state index contributed by atoms with van der Waals surface area (Å²) in [4.78, 5) is 22.1. The Morgan fingerprint density at radius 2 is 2.00 bits per heavy atom. The maximum atomic E-state index is 11.2. The minimum absolute atomic E-state index is 0.204. The fourth-order valence-electron chi connectivity index (χ4n) is 1.46. The molecular formula is C12H12O3S. The van der Waals surface area contributed by atoms with Crippen LogP contribution in [0.5, 0.6) is 0 Å². The van der Waals surface area contributed by atoms with Crippen LogP contribution in [0, 0.1) is 6.92 Å². The maximum absolute atomic E-state index is 11.2. The van der Waals surface area contributed by atoms with Crippen molar-refractivity contribution in [3.63, 3.8) is 0 Å². The minimum atomic E-state index is -0.411. The molecule has 0 aromatic heterocycles. The summed E-state index contributed by atoms with van der Waals surface area (Å²) in [7, 11) is 0. The molecule has 1 atom stereocenters. The molecule has 0 bridgehead atoms. The topological polar surface area (TPSA) is 43.4 Å². The molecule has 2 rings (SSSR count). The van der Waals surface area contributed by atoms with Gasteiger partial charge in [-0.25, -0.2) is 0 Å². The lowest BCUT2D eigenvalue weighted by atomic mass is 10.2. The maximum Gasteiger partial charge on any atom is 0.327 e. The van der Waals surface area contributed by atoms with Crippen LogP contribution >= 0.6 is 11.8 Å². The monoisotopic (exact) mass is 236 g/mol. The number of carbonyl (C=O) groups is 2. The molecule has 4 heteroatoms.